The third-order valence-electron chi connectivity index (χ3n) is 3.50. The standard InChI is InChI=1S/C19H19BrN2O4/c1-24-16-10-13(11-17(25-2)18(16)20)19(23)22-14-6-5-7-15(12-14)26-9-4-3-8-21/h5-7,10-12H,3-4,9H2,1-2H3,(H,22,23). The molecule has 0 aliphatic heterocycles. The zero-order chi connectivity index (χ0) is 18.9. The molecule has 0 bridgehead atoms. The van der Waals surface area contributed by atoms with Crippen LogP contribution in [0.5, 0.6) is 17.2 Å². The smallest absolute Gasteiger partial charge is 0.255 e. The summed E-state index contributed by atoms with van der Waals surface area (Å²) in [5.41, 5.74) is 1.01. The normalized spacial score (nSPS) is 9.92. The van der Waals surface area contributed by atoms with Crippen molar-refractivity contribution in [2.45, 2.75) is 12.8 Å². The molecule has 1 N–H and O–H groups in total. The van der Waals surface area contributed by atoms with Gasteiger partial charge in [-0.2, -0.15) is 5.26 Å². The van der Waals surface area contributed by atoms with Crippen molar-refractivity contribution in [3.05, 3.63) is 46.4 Å². The average molecular weight is 419 g/mol. The number of nitriles is 1. The number of hydrogen-bond acceptors (Lipinski definition) is 5. The average Bonchev–Trinajstić information content (AvgIpc) is 2.65. The van der Waals surface area contributed by atoms with Gasteiger partial charge in [0, 0.05) is 23.7 Å². The molecule has 2 aromatic rings. The fourth-order valence-corrected chi connectivity index (χ4v) is 2.76. The van der Waals surface area contributed by atoms with Gasteiger partial charge in [-0.1, -0.05) is 6.07 Å². The minimum absolute atomic E-state index is 0.296. The van der Waals surface area contributed by atoms with Crippen molar-refractivity contribution in [3.8, 4) is 23.3 Å². The van der Waals surface area contributed by atoms with Gasteiger partial charge in [-0.25, -0.2) is 0 Å². The van der Waals surface area contributed by atoms with E-state index < -0.39 is 0 Å². The van der Waals surface area contributed by atoms with E-state index in [1.807, 2.05) is 0 Å². The first-order valence-electron chi connectivity index (χ1n) is 7.91. The van der Waals surface area contributed by atoms with E-state index in [0.29, 0.717) is 52.4 Å². The Hall–Kier alpha value is -2.72. The number of ether oxygens (including phenoxy) is 3. The molecular formula is C19H19BrN2O4. The summed E-state index contributed by atoms with van der Waals surface area (Å²) in [4.78, 5) is 12.6. The van der Waals surface area contributed by atoms with E-state index in [4.69, 9.17) is 19.5 Å². The Morgan fingerprint density at radius 3 is 2.50 bits per heavy atom. The first-order valence-corrected chi connectivity index (χ1v) is 8.71. The molecule has 6 nitrogen and oxygen atoms in total. The number of carbonyl (C=O) groups excluding carboxylic acids is 1. The fourth-order valence-electron chi connectivity index (χ4n) is 2.21. The number of amides is 1. The van der Waals surface area contributed by atoms with E-state index in [0.717, 1.165) is 0 Å². The molecule has 0 radical (unpaired) electrons. The van der Waals surface area contributed by atoms with Gasteiger partial charge >= 0.3 is 0 Å². The Labute approximate surface area is 160 Å². The highest BCUT2D eigenvalue weighted by atomic mass is 79.9. The van der Waals surface area contributed by atoms with E-state index in [9.17, 15) is 4.79 Å². The van der Waals surface area contributed by atoms with Crippen LogP contribution in [0, 0.1) is 11.3 Å². The molecule has 0 saturated heterocycles. The number of nitrogens with one attached hydrogen (secondary N) is 1. The quantitative estimate of drug-likeness (QED) is 0.642. The summed E-state index contributed by atoms with van der Waals surface area (Å²) in [5.74, 6) is 1.34. The maximum absolute atomic E-state index is 12.6. The highest BCUT2D eigenvalue weighted by molar-refractivity contribution is 9.10. The molecule has 26 heavy (non-hydrogen) atoms. The maximum Gasteiger partial charge on any atom is 0.255 e. The predicted octanol–water partition coefficient (Wildman–Crippen LogP) is 4.40. The molecule has 0 atom stereocenters. The lowest BCUT2D eigenvalue weighted by Gasteiger charge is -2.12. The second kappa shape index (κ2) is 9.68. The Morgan fingerprint density at radius 2 is 1.88 bits per heavy atom. The number of methoxy groups -OCH3 is 2. The van der Waals surface area contributed by atoms with Gasteiger partial charge in [0.2, 0.25) is 0 Å². The third kappa shape index (κ3) is 5.14. The molecule has 2 rings (SSSR count). The zero-order valence-corrected chi connectivity index (χ0v) is 16.1. The monoisotopic (exact) mass is 418 g/mol. The number of benzene rings is 2. The number of halogens is 1. The minimum Gasteiger partial charge on any atom is -0.495 e. The SMILES string of the molecule is COc1cc(C(=O)Nc2cccc(OCCCC#N)c2)cc(OC)c1Br. The molecule has 0 aliphatic rings. The highest BCUT2D eigenvalue weighted by Gasteiger charge is 2.15. The Balaban J connectivity index is 2.11. The van der Waals surface area contributed by atoms with Crippen molar-refractivity contribution >= 4 is 27.5 Å². The summed E-state index contributed by atoms with van der Waals surface area (Å²) in [5, 5.41) is 11.4. The second-order valence-corrected chi connectivity index (χ2v) is 6.08. The molecule has 0 fully saturated rings. The molecular weight excluding hydrogens is 400 g/mol. The van der Waals surface area contributed by atoms with Crippen LogP contribution in [0.3, 0.4) is 0 Å². The van der Waals surface area contributed by atoms with Gasteiger partial charge in [0.25, 0.3) is 5.91 Å². The van der Waals surface area contributed by atoms with Gasteiger partial charge in [0.15, 0.2) is 0 Å². The molecule has 1 amide bonds. The number of rotatable bonds is 8. The van der Waals surface area contributed by atoms with Crippen molar-refractivity contribution < 1.29 is 19.0 Å². The Morgan fingerprint density at radius 1 is 1.19 bits per heavy atom. The van der Waals surface area contributed by atoms with Gasteiger partial charge in [0.05, 0.1) is 26.9 Å². The van der Waals surface area contributed by atoms with Crippen LogP contribution in [-0.2, 0) is 0 Å². The van der Waals surface area contributed by atoms with Crippen LogP contribution < -0.4 is 19.5 Å². The minimum atomic E-state index is -0.296. The molecule has 7 heteroatoms. The van der Waals surface area contributed by atoms with Crippen LogP contribution in [0.15, 0.2) is 40.9 Å². The zero-order valence-electron chi connectivity index (χ0n) is 14.5. The Bertz CT molecular complexity index is 792. The van der Waals surface area contributed by atoms with E-state index in [1.165, 1.54) is 14.2 Å². The number of anilines is 1. The van der Waals surface area contributed by atoms with Crippen molar-refractivity contribution in [2.24, 2.45) is 0 Å². The maximum atomic E-state index is 12.6. The lowest BCUT2D eigenvalue weighted by molar-refractivity contribution is 0.102. The van der Waals surface area contributed by atoms with Gasteiger partial charge < -0.3 is 19.5 Å². The second-order valence-electron chi connectivity index (χ2n) is 5.29. The van der Waals surface area contributed by atoms with Gasteiger partial charge in [-0.05, 0) is 46.6 Å². The van der Waals surface area contributed by atoms with Crippen LogP contribution in [0.25, 0.3) is 0 Å². The summed E-state index contributed by atoms with van der Waals surface area (Å²) in [6.45, 7) is 0.450. The topological polar surface area (TPSA) is 80.6 Å². The largest absolute Gasteiger partial charge is 0.495 e. The van der Waals surface area contributed by atoms with Crippen molar-refractivity contribution in [1.29, 1.82) is 5.26 Å². The van der Waals surface area contributed by atoms with Gasteiger partial charge in [-0.3, -0.25) is 4.79 Å². The van der Waals surface area contributed by atoms with E-state index in [2.05, 4.69) is 27.3 Å². The molecule has 136 valence electrons. The number of hydrogen-bond donors (Lipinski definition) is 1. The molecule has 0 unspecified atom stereocenters. The summed E-state index contributed by atoms with van der Waals surface area (Å²) in [6.07, 6.45) is 1.11. The van der Waals surface area contributed by atoms with E-state index >= 15 is 0 Å². The van der Waals surface area contributed by atoms with Crippen LogP contribution in [-0.4, -0.2) is 26.7 Å². The third-order valence-corrected chi connectivity index (χ3v) is 4.28. The number of unbranched alkanes of at least 4 members (excludes halogenated alkanes) is 1. The van der Waals surface area contributed by atoms with Crippen LogP contribution >= 0.6 is 15.9 Å². The first kappa shape index (κ1) is 19.6. The molecule has 0 saturated carbocycles. The first-order chi connectivity index (χ1) is 12.6. The molecule has 0 heterocycles. The molecule has 0 aromatic heterocycles. The molecule has 0 spiro atoms. The van der Waals surface area contributed by atoms with Crippen LogP contribution in [0.1, 0.15) is 23.2 Å². The predicted molar refractivity (Wildman–Crippen MR) is 102 cm³/mol. The summed E-state index contributed by atoms with van der Waals surface area (Å²) in [6, 6.07) is 12.4. The van der Waals surface area contributed by atoms with E-state index in [-0.39, 0.29) is 5.91 Å². The van der Waals surface area contributed by atoms with Gasteiger partial charge in [0.1, 0.15) is 21.7 Å². The lowest BCUT2D eigenvalue weighted by Crippen LogP contribution is -2.12. The van der Waals surface area contributed by atoms with Crippen LogP contribution in [0.2, 0.25) is 0 Å². The van der Waals surface area contributed by atoms with Crippen molar-refractivity contribution in [2.75, 3.05) is 26.1 Å². The van der Waals surface area contributed by atoms with Crippen LogP contribution in [0.4, 0.5) is 5.69 Å². The fraction of sp³-hybridized carbons (Fsp3) is 0.263. The highest BCUT2D eigenvalue weighted by Crippen LogP contribution is 2.35. The lowest BCUT2D eigenvalue weighted by atomic mass is 10.1. The summed E-state index contributed by atoms with van der Waals surface area (Å²) in [7, 11) is 3.04. The summed E-state index contributed by atoms with van der Waals surface area (Å²) < 4.78 is 16.7. The Kier molecular flexibility index (Phi) is 7.30. The molecule has 2 aromatic carbocycles. The number of carbonyl (C=O) groups is 1. The van der Waals surface area contributed by atoms with Crippen molar-refractivity contribution in [3.63, 3.8) is 0 Å². The van der Waals surface area contributed by atoms with Crippen molar-refractivity contribution in [1.82, 2.24) is 0 Å². The summed E-state index contributed by atoms with van der Waals surface area (Å²) >= 11 is 3.38. The van der Waals surface area contributed by atoms with E-state index in [1.54, 1.807) is 36.4 Å². The number of nitrogens with zero attached hydrogens (tertiary/aromatic N) is 1. The molecule has 0 aliphatic carbocycles. The van der Waals surface area contributed by atoms with Gasteiger partial charge in [-0.15, -0.1) is 0 Å².